The van der Waals surface area contributed by atoms with E-state index in [-0.39, 0.29) is 6.10 Å². The SMILES string of the molecule is Cn1cc(-c2cnc(OC3CCN(c4ncnc5ccsc45)CC3)nc2)cn1. The minimum atomic E-state index is 0.112. The third-order valence-electron chi connectivity index (χ3n) is 4.90. The topological polar surface area (TPSA) is 81.9 Å². The maximum Gasteiger partial charge on any atom is 0.316 e. The highest BCUT2D eigenvalue weighted by molar-refractivity contribution is 7.17. The first-order valence-electron chi connectivity index (χ1n) is 9.17. The third kappa shape index (κ3) is 3.29. The Hall–Kier alpha value is -3.07. The molecule has 0 spiro atoms. The summed E-state index contributed by atoms with van der Waals surface area (Å²) in [6, 6.07) is 2.46. The van der Waals surface area contributed by atoms with Crippen LogP contribution >= 0.6 is 11.3 Å². The van der Waals surface area contributed by atoms with E-state index in [1.807, 2.05) is 19.3 Å². The van der Waals surface area contributed by atoms with Gasteiger partial charge in [-0.3, -0.25) is 4.68 Å². The first kappa shape index (κ1) is 17.1. The van der Waals surface area contributed by atoms with Crippen LogP contribution in [0.25, 0.3) is 21.3 Å². The fraction of sp³-hybridized carbons (Fsp3) is 0.316. The van der Waals surface area contributed by atoms with Gasteiger partial charge >= 0.3 is 6.01 Å². The normalized spacial score (nSPS) is 15.2. The van der Waals surface area contributed by atoms with E-state index in [4.69, 9.17) is 4.74 Å². The van der Waals surface area contributed by atoms with Crippen LogP contribution in [-0.2, 0) is 7.05 Å². The highest BCUT2D eigenvalue weighted by atomic mass is 32.1. The van der Waals surface area contributed by atoms with Crippen LogP contribution in [0.4, 0.5) is 5.82 Å². The Balaban J connectivity index is 1.22. The average Bonchev–Trinajstić information content (AvgIpc) is 3.38. The van der Waals surface area contributed by atoms with Gasteiger partial charge in [0.1, 0.15) is 18.2 Å². The lowest BCUT2D eigenvalue weighted by Gasteiger charge is -2.32. The quantitative estimate of drug-likeness (QED) is 0.527. The zero-order valence-corrected chi connectivity index (χ0v) is 16.2. The molecule has 0 amide bonds. The molecule has 1 fully saturated rings. The Morgan fingerprint density at radius 3 is 2.61 bits per heavy atom. The summed E-state index contributed by atoms with van der Waals surface area (Å²) in [4.78, 5) is 19.9. The molecule has 0 bridgehead atoms. The van der Waals surface area contributed by atoms with Gasteiger partial charge in [0.15, 0.2) is 0 Å². The minimum absolute atomic E-state index is 0.112. The Morgan fingerprint density at radius 1 is 1.04 bits per heavy atom. The lowest BCUT2D eigenvalue weighted by atomic mass is 10.1. The van der Waals surface area contributed by atoms with Crippen molar-refractivity contribution in [3.63, 3.8) is 0 Å². The average molecular weight is 393 g/mol. The second-order valence-electron chi connectivity index (χ2n) is 6.79. The van der Waals surface area contributed by atoms with Gasteiger partial charge < -0.3 is 9.64 Å². The first-order valence-corrected chi connectivity index (χ1v) is 10.0. The highest BCUT2D eigenvalue weighted by Gasteiger charge is 2.24. The number of thiophene rings is 1. The van der Waals surface area contributed by atoms with Crippen LogP contribution in [0, 0.1) is 0 Å². The summed E-state index contributed by atoms with van der Waals surface area (Å²) in [5, 5.41) is 6.23. The minimum Gasteiger partial charge on any atom is -0.460 e. The fourth-order valence-corrected chi connectivity index (χ4v) is 4.29. The maximum atomic E-state index is 6.01. The van der Waals surface area contributed by atoms with Crippen LogP contribution in [0.15, 0.2) is 42.6 Å². The lowest BCUT2D eigenvalue weighted by Crippen LogP contribution is -2.39. The Kier molecular flexibility index (Phi) is 4.36. The van der Waals surface area contributed by atoms with Crippen molar-refractivity contribution in [2.24, 2.45) is 7.05 Å². The van der Waals surface area contributed by atoms with Gasteiger partial charge in [0.2, 0.25) is 0 Å². The second kappa shape index (κ2) is 7.16. The summed E-state index contributed by atoms with van der Waals surface area (Å²) < 4.78 is 8.92. The summed E-state index contributed by atoms with van der Waals surface area (Å²) in [6.07, 6.45) is 10.9. The highest BCUT2D eigenvalue weighted by Crippen LogP contribution is 2.30. The van der Waals surface area contributed by atoms with E-state index in [0.717, 1.165) is 53.1 Å². The van der Waals surface area contributed by atoms with Crippen molar-refractivity contribution in [2.45, 2.75) is 18.9 Å². The predicted molar refractivity (Wildman–Crippen MR) is 108 cm³/mol. The number of hydrogen-bond donors (Lipinski definition) is 0. The number of piperidine rings is 1. The molecular weight excluding hydrogens is 374 g/mol. The number of aromatic nitrogens is 6. The molecule has 5 heterocycles. The molecule has 0 saturated carbocycles. The van der Waals surface area contributed by atoms with Gasteiger partial charge in [-0.25, -0.2) is 19.9 Å². The van der Waals surface area contributed by atoms with E-state index >= 15 is 0 Å². The van der Waals surface area contributed by atoms with E-state index in [2.05, 4.69) is 35.3 Å². The number of ether oxygens (including phenoxy) is 1. The van der Waals surface area contributed by atoms with Crippen LogP contribution in [0.5, 0.6) is 6.01 Å². The molecule has 1 aliphatic rings. The van der Waals surface area contributed by atoms with Gasteiger partial charge in [0, 0.05) is 62.7 Å². The van der Waals surface area contributed by atoms with E-state index in [0.29, 0.717) is 6.01 Å². The third-order valence-corrected chi connectivity index (χ3v) is 5.80. The molecule has 0 aromatic carbocycles. The number of aryl methyl sites for hydroxylation is 1. The molecule has 1 saturated heterocycles. The molecule has 4 aromatic heterocycles. The largest absolute Gasteiger partial charge is 0.460 e. The van der Waals surface area contributed by atoms with Crippen LogP contribution in [0.2, 0.25) is 0 Å². The molecule has 0 radical (unpaired) electrons. The van der Waals surface area contributed by atoms with Crippen LogP contribution in [0.3, 0.4) is 0 Å². The Labute approximate surface area is 165 Å². The molecule has 0 aliphatic carbocycles. The van der Waals surface area contributed by atoms with Crippen LogP contribution < -0.4 is 9.64 Å². The molecule has 5 rings (SSSR count). The van der Waals surface area contributed by atoms with E-state index in [1.54, 1.807) is 40.9 Å². The molecule has 0 unspecified atom stereocenters. The Bertz CT molecular complexity index is 1080. The number of anilines is 1. The predicted octanol–water partition coefficient (Wildman–Crippen LogP) is 2.93. The van der Waals surface area contributed by atoms with Crippen molar-refractivity contribution < 1.29 is 4.74 Å². The van der Waals surface area contributed by atoms with Gasteiger partial charge in [0.25, 0.3) is 0 Å². The monoisotopic (exact) mass is 393 g/mol. The molecule has 0 atom stereocenters. The fourth-order valence-electron chi connectivity index (χ4n) is 3.43. The van der Waals surface area contributed by atoms with Crippen molar-refractivity contribution in [2.75, 3.05) is 18.0 Å². The molecule has 4 aromatic rings. The van der Waals surface area contributed by atoms with E-state index in [9.17, 15) is 0 Å². The lowest BCUT2D eigenvalue weighted by molar-refractivity contribution is 0.156. The number of nitrogens with zero attached hydrogens (tertiary/aromatic N) is 7. The van der Waals surface area contributed by atoms with Gasteiger partial charge in [-0.1, -0.05) is 0 Å². The summed E-state index contributed by atoms with van der Waals surface area (Å²) in [5.74, 6) is 1.02. The second-order valence-corrected chi connectivity index (χ2v) is 7.71. The summed E-state index contributed by atoms with van der Waals surface area (Å²) in [5.41, 5.74) is 2.93. The Morgan fingerprint density at radius 2 is 1.86 bits per heavy atom. The number of hydrogen-bond acceptors (Lipinski definition) is 8. The summed E-state index contributed by atoms with van der Waals surface area (Å²) in [6.45, 7) is 1.78. The van der Waals surface area contributed by atoms with Crippen LogP contribution in [-0.4, -0.2) is 48.9 Å². The zero-order valence-electron chi connectivity index (χ0n) is 15.4. The maximum absolute atomic E-state index is 6.01. The summed E-state index contributed by atoms with van der Waals surface area (Å²) >= 11 is 1.69. The molecule has 142 valence electrons. The smallest absolute Gasteiger partial charge is 0.316 e. The van der Waals surface area contributed by atoms with Crippen molar-refractivity contribution in [3.05, 3.63) is 42.6 Å². The van der Waals surface area contributed by atoms with Gasteiger partial charge in [-0.05, 0) is 11.4 Å². The standard InChI is InChI=1S/C19H19N7OS/c1-25-11-14(10-24-25)13-8-20-19(21-9-13)27-15-2-5-26(6-3-15)18-17-16(4-7-28-17)22-12-23-18/h4,7-12,15H,2-3,5-6H2,1H3. The number of rotatable bonds is 4. The van der Waals surface area contributed by atoms with Gasteiger partial charge in [-0.2, -0.15) is 5.10 Å². The molecule has 1 aliphatic heterocycles. The van der Waals surface area contributed by atoms with Crippen LogP contribution in [0.1, 0.15) is 12.8 Å². The van der Waals surface area contributed by atoms with E-state index < -0.39 is 0 Å². The van der Waals surface area contributed by atoms with E-state index in [1.165, 1.54) is 0 Å². The van der Waals surface area contributed by atoms with Gasteiger partial charge in [0.05, 0.1) is 16.4 Å². The molecule has 28 heavy (non-hydrogen) atoms. The van der Waals surface area contributed by atoms with Crippen molar-refractivity contribution in [3.8, 4) is 17.1 Å². The first-order chi connectivity index (χ1) is 13.8. The van der Waals surface area contributed by atoms with Gasteiger partial charge in [-0.15, -0.1) is 11.3 Å². The molecule has 9 heteroatoms. The summed E-state index contributed by atoms with van der Waals surface area (Å²) in [7, 11) is 1.89. The molecule has 8 nitrogen and oxygen atoms in total. The zero-order chi connectivity index (χ0) is 18.9. The number of fused-ring (bicyclic) bond motifs is 1. The van der Waals surface area contributed by atoms with Crippen molar-refractivity contribution in [1.82, 2.24) is 29.7 Å². The molecule has 0 N–H and O–H groups in total. The van der Waals surface area contributed by atoms with Crippen molar-refractivity contribution >= 4 is 27.4 Å². The van der Waals surface area contributed by atoms with Crippen molar-refractivity contribution in [1.29, 1.82) is 0 Å². The molecular formula is C19H19N7OS.